The maximum absolute atomic E-state index is 11.9. The van der Waals surface area contributed by atoms with E-state index in [0.717, 1.165) is 25.9 Å². The molecule has 0 radical (unpaired) electrons. The minimum Gasteiger partial charge on any atom is -0.360 e. The van der Waals surface area contributed by atoms with E-state index in [0.29, 0.717) is 5.82 Å². The Bertz CT molecular complexity index is 468. The van der Waals surface area contributed by atoms with Gasteiger partial charge in [0, 0.05) is 20.1 Å². The zero-order chi connectivity index (χ0) is 14.4. The molecule has 2 amide bonds. The Hall–Kier alpha value is -2.18. The summed E-state index contributed by atoms with van der Waals surface area (Å²) in [5.74, 6) is 0.276. The zero-order valence-corrected chi connectivity index (χ0v) is 11.6. The van der Waals surface area contributed by atoms with E-state index in [2.05, 4.69) is 20.8 Å². The average Bonchev–Trinajstić information content (AvgIpc) is 2.53. The lowest BCUT2D eigenvalue weighted by Crippen LogP contribution is -2.39. The van der Waals surface area contributed by atoms with Gasteiger partial charge in [0.1, 0.15) is 5.82 Å². The average molecular weight is 277 g/mol. The van der Waals surface area contributed by atoms with Crippen LogP contribution in [0.25, 0.3) is 0 Å². The molecule has 2 N–H and O–H groups in total. The molecule has 7 heteroatoms. The number of anilines is 1. The van der Waals surface area contributed by atoms with E-state index >= 15 is 0 Å². The van der Waals surface area contributed by atoms with Gasteiger partial charge in [0.15, 0.2) is 5.69 Å². The highest BCUT2D eigenvalue weighted by Gasteiger charge is 2.16. The molecule has 0 bridgehead atoms. The van der Waals surface area contributed by atoms with Gasteiger partial charge >= 0.3 is 0 Å². The van der Waals surface area contributed by atoms with Crippen molar-refractivity contribution in [2.45, 2.75) is 19.3 Å². The molecule has 1 aromatic heterocycles. The van der Waals surface area contributed by atoms with Gasteiger partial charge in [-0.3, -0.25) is 9.59 Å². The summed E-state index contributed by atoms with van der Waals surface area (Å²) in [7, 11) is 1.54. The zero-order valence-electron chi connectivity index (χ0n) is 11.6. The van der Waals surface area contributed by atoms with Crippen molar-refractivity contribution in [1.29, 1.82) is 0 Å². The highest BCUT2D eigenvalue weighted by atomic mass is 16.2. The number of carbonyl (C=O) groups is 2. The summed E-state index contributed by atoms with van der Waals surface area (Å²) in [5.41, 5.74) is 0.250. The minimum absolute atomic E-state index is 0.0712. The minimum atomic E-state index is -0.284. The molecule has 0 atom stereocenters. The molecule has 1 aliphatic rings. The molecule has 2 rings (SSSR count). The fraction of sp³-hybridized carbons (Fsp3) is 0.538. The Morgan fingerprint density at radius 2 is 1.95 bits per heavy atom. The molecular weight excluding hydrogens is 258 g/mol. The molecule has 0 spiro atoms. The van der Waals surface area contributed by atoms with Gasteiger partial charge < -0.3 is 15.5 Å². The highest BCUT2D eigenvalue weighted by Crippen LogP contribution is 2.09. The van der Waals surface area contributed by atoms with Gasteiger partial charge in [-0.1, -0.05) is 0 Å². The van der Waals surface area contributed by atoms with Gasteiger partial charge in [-0.2, -0.15) is 0 Å². The largest absolute Gasteiger partial charge is 0.360 e. The lowest BCUT2D eigenvalue weighted by atomic mass is 10.1. The van der Waals surface area contributed by atoms with Crippen molar-refractivity contribution in [3.8, 4) is 0 Å². The van der Waals surface area contributed by atoms with Crippen molar-refractivity contribution in [2.75, 3.05) is 32.0 Å². The van der Waals surface area contributed by atoms with E-state index in [-0.39, 0.29) is 24.1 Å². The molecule has 0 saturated carbocycles. The molecule has 1 saturated heterocycles. The van der Waals surface area contributed by atoms with Crippen LogP contribution in [0, 0.1) is 0 Å². The second-order valence-corrected chi connectivity index (χ2v) is 4.68. The van der Waals surface area contributed by atoms with E-state index in [4.69, 9.17) is 0 Å². The SMILES string of the molecule is CNC(=O)c1ccc(NCC(=O)N2CCCCC2)nn1. The van der Waals surface area contributed by atoms with Crippen molar-refractivity contribution < 1.29 is 9.59 Å². The maximum Gasteiger partial charge on any atom is 0.271 e. The summed E-state index contributed by atoms with van der Waals surface area (Å²) in [6, 6.07) is 3.21. The number of hydrogen-bond acceptors (Lipinski definition) is 5. The first-order valence-electron chi connectivity index (χ1n) is 6.78. The molecule has 0 unspecified atom stereocenters. The predicted octanol–water partition coefficient (Wildman–Crippen LogP) is 0.261. The lowest BCUT2D eigenvalue weighted by Gasteiger charge is -2.26. The van der Waals surface area contributed by atoms with Crippen LogP contribution in [0.3, 0.4) is 0 Å². The first-order chi connectivity index (χ1) is 9.70. The third kappa shape index (κ3) is 3.66. The van der Waals surface area contributed by atoms with Gasteiger partial charge in [-0.15, -0.1) is 10.2 Å². The van der Waals surface area contributed by atoms with Crippen molar-refractivity contribution in [2.24, 2.45) is 0 Å². The fourth-order valence-corrected chi connectivity index (χ4v) is 2.10. The van der Waals surface area contributed by atoms with Gasteiger partial charge in [0.05, 0.1) is 6.54 Å². The molecule has 20 heavy (non-hydrogen) atoms. The van der Waals surface area contributed by atoms with Crippen molar-refractivity contribution >= 4 is 17.6 Å². The molecule has 7 nitrogen and oxygen atoms in total. The lowest BCUT2D eigenvalue weighted by molar-refractivity contribution is -0.130. The van der Waals surface area contributed by atoms with Crippen molar-refractivity contribution in [3.05, 3.63) is 17.8 Å². The molecule has 1 fully saturated rings. The number of rotatable bonds is 4. The van der Waals surface area contributed by atoms with Crippen LogP contribution in [0.2, 0.25) is 0 Å². The Morgan fingerprint density at radius 1 is 1.20 bits per heavy atom. The monoisotopic (exact) mass is 277 g/mol. The number of hydrogen-bond donors (Lipinski definition) is 2. The molecular formula is C13H19N5O2. The summed E-state index contributed by atoms with van der Waals surface area (Å²) < 4.78 is 0. The molecule has 2 heterocycles. The number of nitrogens with one attached hydrogen (secondary N) is 2. The first kappa shape index (κ1) is 14.2. The molecule has 0 aliphatic carbocycles. The number of amides is 2. The van der Waals surface area contributed by atoms with Crippen LogP contribution in [-0.4, -0.2) is 53.6 Å². The summed E-state index contributed by atoms with van der Waals surface area (Å²) in [6.45, 7) is 1.87. The fourth-order valence-electron chi connectivity index (χ4n) is 2.10. The van der Waals surface area contributed by atoms with E-state index in [1.165, 1.54) is 13.5 Å². The molecule has 1 aliphatic heterocycles. The second-order valence-electron chi connectivity index (χ2n) is 4.68. The van der Waals surface area contributed by atoms with E-state index in [1.807, 2.05) is 4.90 Å². The molecule has 108 valence electrons. The number of likely N-dealkylation sites (tertiary alicyclic amines) is 1. The first-order valence-corrected chi connectivity index (χ1v) is 6.78. The number of carbonyl (C=O) groups excluding carboxylic acids is 2. The smallest absolute Gasteiger partial charge is 0.271 e. The topological polar surface area (TPSA) is 87.2 Å². The Morgan fingerprint density at radius 3 is 2.55 bits per heavy atom. The Balaban J connectivity index is 1.84. The van der Waals surface area contributed by atoms with Crippen LogP contribution in [0.5, 0.6) is 0 Å². The van der Waals surface area contributed by atoms with Crippen molar-refractivity contribution in [1.82, 2.24) is 20.4 Å². The second kappa shape index (κ2) is 6.83. The van der Waals surface area contributed by atoms with Gasteiger partial charge in [-0.05, 0) is 31.4 Å². The third-order valence-corrected chi connectivity index (χ3v) is 3.25. The van der Waals surface area contributed by atoms with Crippen LogP contribution >= 0.6 is 0 Å². The maximum atomic E-state index is 11.9. The van der Waals surface area contributed by atoms with E-state index in [1.54, 1.807) is 12.1 Å². The highest BCUT2D eigenvalue weighted by molar-refractivity contribution is 5.91. The summed E-state index contributed by atoms with van der Waals surface area (Å²) in [5, 5.41) is 13.1. The van der Waals surface area contributed by atoms with E-state index in [9.17, 15) is 9.59 Å². The normalized spacial score (nSPS) is 14.8. The third-order valence-electron chi connectivity index (χ3n) is 3.25. The van der Waals surface area contributed by atoms with Crippen LogP contribution in [0.4, 0.5) is 5.82 Å². The van der Waals surface area contributed by atoms with Crippen molar-refractivity contribution in [3.63, 3.8) is 0 Å². The van der Waals surface area contributed by atoms with Gasteiger partial charge in [0.2, 0.25) is 5.91 Å². The van der Waals surface area contributed by atoms with Gasteiger partial charge in [0.25, 0.3) is 5.91 Å². The number of piperidine rings is 1. The van der Waals surface area contributed by atoms with Crippen LogP contribution in [-0.2, 0) is 4.79 Å². The summed E-state index contributed by atoms with van der Waals surface area (Å²) >= 11 is 0. The van der Waals surface area contributed by atoms with Crippen LogP contribution in [0.15, 0.2) is 12.1 Å². The molecule has 0 aromatic carbocycles. The predicted molar refractivity (Wildman–Crippen MR) is 74.3 cm³/mol. The van der Waals surface area contributed by atoms with Gasteiger partial charge in [-0.25, -0.2) is 0 Å². The Kier molecular flexibility index (Phi) is 4.86. The molecule has 1 aromatic rings. The summed E-state index contributed by atoms with van der Waals surface area (Å²) in [6.07, 6.45) is 3.35. The Labute approximate surface area is 117 Å². The quantitative estimate of drug-likeness (QED) is 0.824. The summed E-state index contributed by atoms with van der Waals surface area (Å²) in [4.78, 5) is 25.1. The number of nitrogens with zero attached hydrogens (tertiary/aromatic N) is 3. The standard InChI is InChI=1S/C13H19N5O2/c1-14-13(20)10-5-6-11(17-16-10)15-9-12(19)18-7-3-2-4-8-18/h5-6H,2-4,7-9H2,1H3,(H,14,20)(H,15,17). The van der Waals surface area contributed by atoms with E-state index < -0.39 is 0 Å². The number of aromatic nitrogens is 2. The van der Waals surface area contributed by atoms with Crippen LogP contribution in [0.1, 0.15) is 29.8 Å². The van der Waals surface area contributed by atoms with Crippen LogP contribution < -0.4 is 10.6 Å².